The third-order valence-corrected chi connectivity index (χ3v) is 8.24. The molecule has 128 valence electrons. The molecule has 0 atom stereocenters. The van der Waals surface area contributed by atoms with Crippen molar-refractivity contribution < 1.29 is 8.42 Å². The number of hydrogen-bond acceptors (Lipinski definition) is 5. The van der Waals surface area contributed by atoms with Gasteiger partial charge in [0.1, 0.15) is 4.21 Å². The quantitative estimate of drug-likeness (QED) is 0.686. The van der Waals surface area contributed by atoms with E-state index >= 15 is 0 Å². The van der Waals surface area contributed by atoms with Gasteiger partial charge < -0.3 is 5.32 Å². The first kappa shape index (κ1) is 18.6. The molecule has 0 fully saturated rings. The summed E-state index contributed by atoms with van der Waals surface area (Å²) in [5, 5.41) is 3.41. The van der Waals surface area contributed by atoms with E-state index in [4.69, 9.17) is 0 Å². The molecule has 0 amide bonds. The first-order chi connectivity index (χ1) is 11.0. The van der Waals surface area contributed by atoms with E-state index in [0.29, 0.717) is 17.3 Å². The summed E-state index contributed by atoms with van der Waals surface area (Å²) < 4.78 is 26.8. The number of hydrogen-bond donors (Lipinski definition) is 1. The van der Waals surface area contributed by atoms with Gasteiger partial charge in [0.05, 0.1) is 0 Å². The number of aryl methyl sites for hydroxylation is 1. The average molecular weight is 373 g/mol. The van der Waals surface area contributed by atoms with E-state index in [1.807, 2.05) is 19.9 Å². The maximum atomic E-state index is 12.4. The molecule has 0 aliphatic rings. The van der Waals surface area contributed by atoms with E-state index < -0.39 is 10.0 Å². The molecule has 23 heavy (non-hydrogen) atoms. The molecule has 0 aliphatic heterocycles. The maximum absolute atomic E-state index is 12.4. The molecule has 2 aromatic heterocycles. The highest BCUT2D eigenvalue weighted by molar-refractivity contribution is 7.91. The highest BCUT2D eigenvalue weighted by Crippen LogP contribution is 2.25. The molecule has 0 radical (unpaired) electrons. The van der Waals surface area contributed by atoms with Crippen LogP contribution in [0.5, 0.6) is 0 Å². The van der Waals surface area contributed by atoms with Gasteiger partial charge in [0.15, 0.2) is 0 Å². The van der Waals surface area contributed by atoms with Gasteiger partial charge in [-0.05, 0) is 37.6 Å². The fraction of sp³-hybridized carbons (Fsp3) is 0.500. The van der Waals surface area contributed by atoms with Crippen molar-refractivity contribution in [1.29, 1.82) is 0 Å². The smallest absolute Gasteiger partial charge is 0.252 e. The molecule has 0 aliphatic carbocycles. The molecule has 0 saturated heterocycles. The second kappa shape index (κ2) is 8.39. The van der Waals surface area contributed by atoms with E-state index in [0.717, 1.165) is 24.4 Å². The monoisotopic (exact) mass is 372 g/mol. The van der Waals surface area contributed by atoms with Crippen LogP contribution in [0, 0.1) is 6.92 Å². The van der Waals surface area contributed by atoms with E-state index in [2.05, 4.69) is 24.4 Å². The van der Waals surface area contributed by atoms with Gasteiger partial charge in [-0.3, -0.25) is 0 Å². The van der Waals surface area contributed by atoms with Crippen LogP contribution in [-0.2, 0) is 23.0 Å². The highest BCUT2D eigenvalue weighted by Gasteiger charge is 2.23. The zero-order valence-corrected chi connectivity index (χ0v) is 16.3. The van der Waals surface area contributed by atoms with Gasteiger partial charge in [-0.2, -0.15) is 4.31 Å². The van der Waals surface area contributed by atoms with Crippen molar-refractivity contribution in [2.45, 2.75) is 37.9 Å². The molecule has 4 nitrogen and oxygen atoms in total. The largest absolute Gasteiger partial charge is 0.311 e. The lowest BCUT2D eigenvalue weighted by atomic mass is 10.3. The summed E-state index contributed by atoms with van der Waals surface area (Å²) >= 11 is 3.19. The maximum Gasteiger partial charge on any atom is 0.252 e. The molecular formula is C16H24N2O2S3. The number of nitrogens with one attached hydrogen (secondary N) is 1. The zero-order chi connectivity index (χ0) is 16.9. The number of sulfonamides is 1. The van der Waals surface area contributed by atoms with Crippen LogP contribution < -0.4 is 5.32 Å². The Balaban J connectivity index is 1.87. The Labute approximate surface area is 147 Å². The fourth-order valence-corrected chi connectivity index (χ4v) is 6.15. The Bertz CT molecular complexity index is 715. The van der Waals surface area contributed by atoms with E-state index in [-0.39, 0.29) is 0 Å². The number of rotatable bonds is 9. The zero-order valence-electron chi connectivity index (χ0n) is 13.8. The SMILES string of the molecule is CCN(CC)S(=O)(=O)c1ccc(CCNCc2ccc(C)s2)s1. The van der Waals surface area contributed by atoms with Gasteiger partial charge in [-0.25, -0.2) is 8.42 Å². The van der Waals surface area contributed by atoms with Crippen molar-refractivity contribution in [3.63, 3.8) is 0 Å². The Hall–Kier alpha value is -0.730. The van der Waals surface area contributed by atoms with Crippen LogP contribution in [0.2, 0.25) is 0 Å². The molecule has 0 spiro atoms. The first-order valence-electron chi connectivity index (χ1n) is 7.82. The standard InChI is InChI=1S/C16H24N2O2S3/c1-4-18(5-2)23(19,20)16-9-8-14(22-16)10-11-17-12-15-7-6-13(3)21-15/h6-9,17H,4-5,10-12H2,1-3H3. The number of thiophene rings is 2. The summed E-state index contributed by atoms with van der Waals surface area (Å²) in [5.41, 5.74) is 0. The predicted octanol–water partition coefficient (Wildman–Crippen LogP) is 3.48. The van der Waals surface area contributed by atoms with Crippen molar-refractivity contribution in [3.8, 4) is 0 Å². The van der Waals surface area contributed by atoms with Crippen molar-refractivity contribution in [2.24, 2.45) is 0 Å². The Kier molecular flexibility index (Phi) is 6.79. The number of nitrogens with zero attached hydrogens (tertiary/aromatic N) is 1. The lowest BCUT2D eigenvalue weighted by Gasteiger charge is -2.16. The first-order valence-corrected chi connectivity index (χ1v) is 10.9. The van der Waals surface area contributed by atoms with Crippen LogP contribution in [0.25, 0.3) is 0 Å². The molecule has 1 N–H and O–H groups in total. The van der Waals surface area contributed by atoms with Crippen molar-refractivity contribution in [2.75, 3.05) is 19.6 Å². The van der Waals surface area contributed by atoms with Crippen molar-refractivity contribution >= 4 is 32.7 Å². The summed E-state index contributed by atoms with van der Waals surface area (Å²) in [6.45, 7) is 8.58. The molecule has 7 heteroatoms. The minimum Gasteiger partial charge on any atom is -0.311 e. The van der Waals surface area contributed by atoms with Crippen LogP contribution in [0.3, 0.4) is 0 Å². The van der Waals surface area contributed by atoms with Crippen molar-refractivity contribution in [3.05, 3.63) is 38.9 Å². The predicted molar refractivity (Wildman–Crippen MR) is 98.9 cm³/mol. The Morgan fingerprint density at radius 1 is 1.04 bits per heavy atom. The summed E-state index contributed by atoms with van der Waals surface area (Å²) in [5.74, 6) is 0. The molecule has 2 heterocycles. The highest BCUT2D eigenvalue weighted by atomic mass is 32.2. The fourth-order valence-electron chi connectivity index (χ4n) is 2.33. The Morgan fingerprint density at radius 2 is 1.74 bits per heavy atom. The molecule has 0 unspecified atom stereocenters. The minimum absolute atomic E-state index is 0.449. The summed E-state index contributed by atoms with van der Waals surface area (Å²) in [6, 6.07) is 7.94. The molecule has 0 saturated carbocycles. The van der Waals surface area contributed by atoms with Gasteiger partial charge in [-0.1, -0.05) is 13.8 Å². The van der Waals surface area contributed by atoms with Crippen molar-refractivity contribution in [1.82, 2.24) is 9.62 Å². The molecule has 2 rings (SSSR count). The Morgan fingerprint density at radius 3 is 2.35 bits per heavy atom. The van der Waals surface area contributed by atoms with E-state index in [1.54, 1.807) is 17.4 Å². The normalized spacial score (nSPS) is 12.2. The summed E-state index contributed by atoms with van der Waals surface area (Å²) in [7, 11) is -3.32. The molecule has 0 aromatic carbocycles. The molecule has 0 bridgehead atoms. The van der Waals surface area contributed by atoms with Crippen LogP contribution in [-0.4, -0.2) is 32.4 Å². The third kappa shape index (κ3) is 4.87. The van der Waals surface area contributed by atoms with Crippen LogP contribution in [0.15, 0.2) is 28.5 Å². The molecular weight excluding hydrogens is 348 g/mol. The van der Waals surface area contributed by atoms with Crippen LogP contribution >= 0.6 is 22.7 Å². The van der Waals surface area contributed by atoms with E-state index in [9.17, 15) is 8.42 Å². The topological polar surface area (TPSA) is 49.4 Å². The lowest BCUT2D eigenvalue weighted by molar-refractivity contribution is 0.447. The lowest BCUT2D eigenvalue weighted by Crippen LogP contribution is -2.29. The van der Waals surface area contributed by atoms with Gasteiger partial charge in [-0.15, -0.1) is 22.7 Å². The molecule has 2 aromatic rings. The van der Waals surface area contributed by atoms with Gasteiger partial charge >= 0.3 is 0 Å². The van der Waals surface area contributed by atoms with Crippen LogP contribution in [0.1, 0.15) is 28.5 Å². The van der Waals surface area contributed by atoms with E-state index in [1.165, 1.54) is 25.4 Å². The van der Waals surface area contributed by atoms with Gasteiger partial charge in [0.25, 0.3) is 10.0 Å². The van der Waals surface area contributed by atoms with Gasteiger partial charge in [0.2, 0.25) is 0 Å². The average Bonchev–Trinajstić information content (AvgIpc) is 3.14. The van der Waals surface area contributed by atoms with Gasteiger partial charge in [0, 0.05) is 40.8 Å². The second-order valence-corrected chi connectivity index (χ2v) is 9.95. The summed E-state index contributed by atoms with van der Waals surface area (Å²) in [6.07, 6.45) is 0.850. The third-order valence-electron chi connectivity index (χ3n) is 3.58. The second-order valence-electron chi connectivity index (χ2n) is 5.25. The summed E-state index contributed by atoms with van der Waals surface area (Å²) in [4.78, 5) is 3.76. The van der Waals surface area contributed by atoms with Crippen LogP contribution in [0.4, 0.5) is 0 Å². The minimum atomic E-state index is -3.32.